The number of carboxylic acids is 1. The van der Waals surface area contributed by atoms with Crippen LogP contribution in [0.15, 0.2) is 0 Å². The molecule has 0 aromatic carbocycles. The van der Waals surface area contributed by atoms with E-state index in [1.807, 2.05) is 13.8 Å². The number of urea groups is 1. The van der Waals surface area contributed by atoms with E-state index in [1.165, 1.54) is 7.05 Å². The number of hydrogen-bond donors (Lipinski definition) is 3. The molecule has 3 amide bonds. The Bertz CT molecular complexity index is 405. The minimum Gasteiger partial charge on any atom is -0.480 e. The highest BCUT2D eigenvalue weighted by atomic mass is 16.5. The van der Waals surface area contributed by atoms with Gasteiger partial charge in [0.05, 0.1) is 0 Å². The van der Waals surface area contributed by atoms with E-state index in [0.29, 0.717) is 0 Å². The SMILES string of the molecule is CC(C)NC(=O)CN(C)C(=O)NC1(C(=O)O)CCOCC1. The number of ether oxygens (including phenoxy) is 1. The van der Waals surface area contributed by atoms with Crippen molar-refractivity contribution in [3.63, 3.8) is 0 Å². The molecule has 8 nitrogen and oxygen atoms in total. The third kappa shape index (κ3) is 4.89. The molecule has 3 N–H and O–H groups in total. The van der Waals surface area contributed by atoms with Gasteiger partial charge in [0.2, 0.25) is 5.91 Å². The van der Waals surface area contributed by atoms with E-state index in [-0.39, 0.29) is 44.5 Å². The van der Waals surface area contributed by atoms with Gasteiger partial charge in [0.15, 0.2) is 0 Å². The first-order valence-corrected chi connectivity index (χ1v) is 6.90. The van der Waals surface area contributed by atoms with Crippen molar-refractivity contribution in [1.29, 1.82) is 0 Å². The van der Waals surface area contributed by atoms with Gasteiger partial charge in [-0.3, -0.25) is 4.79 Å². The van der Waals surface area contributed by atoms with Crippen LogP contribution in [0, 0.1) is 0 Å². The summed E-state index contributed by atoms with van der Waals surface area (Å²) in [5, 5.41) is 14.5. The highest BCUT2D eigenvalue weighted by molar-refractivity contribution is 5.88. The van der Waals surface area contributed by atoms with Crippen LogP contribution in [0.1, 0.15) is 26.7 Å². The first kappa shape index (κ1) is 17.2. The lowest BCUT2D eigenvalue weighted by Gasteiger charge is -2.35. The van der Waals surface area contributed by atoms with Crippen LogP contribution in [0.3, 0.4) is 0 Å². The number of nitrogens with zero attached hydrogens (tertiary/aromatic N) is 1. The fourth-order valence-electron chi connectivity index (χ4n) is 2.07. The highest BCUT2D eigenvalue weighted by Crippen LogP contribution is 2.21. The second kappa shape index (κ2) is 7.26. The van der Waals surface area contributed by atoms with Crippen LogP contribution in [0.4, 0.5) is 4.79 Å². The maximum atomic E-state index is 12.1. The Balaban J connectivity index is 2.61. The van der Waals surface area contributed by atoms with Crippen molar-refractivity contribution in [1.82, 2.24) is 15.5 Å². The molecule has 1 fully saturated rings. The fraction of sp³-hybridized carbons (Fsp3) is 0.769. The fourth-order valence-corrected chi connectivity index (χ4v) is 2.07. The molecule has 0 unspecified atom stereocenters. The number of nitrogens with one attached hydrogen (secondary N) is 2. The van der Waals surface area contributed by atoms with E-state index in [4.69, 9.17) is 4.74 Å². The van der Waals surface area contributed by atoms with E-state index < -0.39 is 17.5 Å². The quantitative estimate of drug-likeness (QED) is 0.651. The second-order valence-electron chi connectivity index (χ2n) is 5.51. The minimum absolute atomic E-state index is 0.0187. The topological polar surface area (TPSA) is 108 Å². The van der Waals surface area contributed by atoms with Gasteiger partial charge in [-0.2, -0.15) is 0 Å². The van der Waals surface area contributed by atoms with Crippen LogP contribution < -0.4 is 10.6 Å². The zero-order chi connectivity index (χ0) is 16.0. The maximum absolute atomic E-state index is 12.1. The van der Waals surface area contributed by atoms with Crippen molar-refractivity contribution in [2.45, 2.75) is 38.3 Å². The van der Waals surface area contributed by atoms with E-state index >= 15 is 0 Å². The summed E-state index contributed by atoms with van der Waals surface area (Å²) < 4.78 is 5.13. The van der Waals surface area contributed by atoms with Crippen molar-refractivity contribution in [3.05, 3.63) is 0 Å². The summed E-state index contributed by atoms with van der Waals surface area (Å²) in [4.78, 5) is 36.3. The van der Waals surface area contributed by atoms with Crippen LogP contribution in [0.5, 0.6) is 0 Å². The van der Waals surface area contributed by atoms with Crippen molar-refractivity contribution < 1.29 is 24.2 Å². The third-order valence-corrected chi connectivity index (χ3v) is 3.28. The van der Waals surface area contributed by atoms with Gasteiger partial charge in [-0.1, -0.05) is 0 Å². The Hall–Kier alpha value is -1.83. The van der Waals surface area contributed by atoms with Crippen LogP contribution in [-0.2, 0) is 14.3 Å². The Morgan fingerprint density at radius 1 is 1.29 bits per heavy atom. The second-order valence-corrected chi connectivity index (χ2v) is 5.51. The molecule has 0 bridgehead atoms. The van der Waals surface area contributed by atoms with Gasteiger partial charge in [0.25, 0.3) is 0 Å². The van der Waals surface area contributed by atoms with Crippen molar-refractivity contribution in [2.75, 3.05) is 26.8 Å². The van der Waals surface area contributed by atoms with Gasteiger partial charge >= 0.3 is 12.0 Å². The molecule has 21 heavy (non-hydrogen) atoms. The first-order valence-electron chi connectivity index (χ1n) is 6.90. The predicted octanol–water partition coefficient (Wildman–Crippen LogP) is -0.214. The summed E-state index contributed by atoms with van der Waals surface area (Å²) in [5.74, 6) is -1.38. The molecule has 0 aliphatic carbocycles. The Morgan fingerprint density at radius 2 is 1.86 bits per heavy atom. The smallest absolute Gasteiger partial charge is 0.329 e. The number of carbonyl (C=O) groups is 3. The number of aliphatic carboxylic acids is 1. The monoisotopic (exact) mass is 301 g/mol. The van der Waals surface area contributed by atoms with Gasteiger partial charge in [-0.05, 0) is 13.8 Å². The summed E-state index contributed by atoms with van der Waals surface area (Å²) in [6.45, 7) is 4.07. The largest absolute Gasteiger partial charge is 0.480 e. The molecule has 0 saturated carbocycles. The van der Waals surface area contributed by atoms with E-state index in [9.17, 15) is 19.5 Å². The lowest BCUT2D eigenvalue weighted by atomic mass is 9.90. The van der Waals surface area contributed by atoms with Crippen LogP contribution in [-0.4, -0.2) is 66.3 Å². The minimum atomic E-state index is -1.32. The molecule has 1 rings (SSSR count). The van der Waals surface area contributed by atoms with Gasteiger partial charge in [0.1, 0.15) is 12.1 Å². The summed E-state index contributed by atoms with van der Waals surface area (Å²) in [7, 11) is 1.45. The lowest BCUT2D eigenvalue weighted by molar-refractivity contribution is -0.148. The van der Waals surface area contributed by atoms with Crippen molar-refractivity contribution in [2.24, 2.45) is 0 Å². The van der Waals surface area contributed by atoms with Crippen LogP contribution in [0.25, 0.3) is 0 Å². The summed E-state index contributed by atoms with van der Waals surface area (Å²) in [5.41, 5.74) is -1.32. The van der Waals surface area contributed by atoms with E-state index in [0.717, 1.165) is 4.90 Å². The Morgan fingerprint density at radius 3 is 2.33 bits per heavy atom. The molecule has 0 aromatic heterocycles. The zero-order valence-corrected chi connectivity index (χ0v) is 12.6. The molecule has 0 atom stereocenters. The van der Waals surface area contributed by atoms with E-state index in [1.54, 1.807) is 0 Å². The molecular weight excluding hydrogens is 278 g/mol. The molecule has 0 aromatic rings. The molecule has 1 aliphatic rings. The third-order valence-electron chi connectivity index (χ3n) is 3.28. The summed E-state index contributed by atoms with van der Waals surface area (Å²) in [6, 6.07) is -0.604. The van der Waals surface area contributed by atoms with Crippen molar-refractivity contribution in [3.8, 4) is 0 Å². The van der Waals surface area contributed by atoms with Crippen LogP contribution in [0.2, 0.25) is 0 Å². The molecular formula is C13H23N3O5. The average Bonchev–Trinajstić information content (AvgIpc) is 2.38. The van der Waals surface area contributed by atoms with Gasteiger partial charge in [-0.25, -0.2) is 9.59 Å². The average molecular weight is 301 g/mol. The predicted molar refractivity (Wildman–Crippen MR) is 74.9 cm³/mol. The Kier molecular flexibility index (Phi) is 5.95. The number of amides is 3. The normalized spacial score (nSPS) is 17.1. The Labute approximate surface area is 123 Å². The molecule has 1 heterocycles. The number of carboxylic acid groups (broad SMARTS) is 1. The van der Waals surface area contributed by atoms with Gasteiger partial charge in [-0.15, -0.1) is 0 Å². The molecule has 120 valence electrons. The number of carbonyl (C=O) groups excluding carboxylic acids is 2. The standard InChI is InChI=1S/C13H23N3O5/c1-9(2)14-10(17)8-16(3)12(20)15-13(11(18)19)4-6-21-7-5-13/h9H,4-8H2,1-3H3,(H,14,17)(H,15,20)(H,18,19). The molecule has 1 aliphatic heterocycles. The lowest BCUT2D eigenvalue weighted by Crippen LogP contribution is -2.60. The first-order chi connectivity index (χ1) is 9.77. The van der Waals surface area contributed by atoms with Gasteiger partial charge < -0.3 is 25.4 Å². The van der Waals surface area contributed by atoms with E-state index in [2.05, 4.69) is 10.6 Å². The molecule has 0 spiro atoms. The molecule has 8 heteroatoms. The zero-order valence-electron chi connectivity index (χ0n) is 12.6. The number of rotatable bonds is 5. The molecule has 0 radical (unpaired) electrons. The van der Waals surface area contributed by atoms with Crippen LogP contribution >= 0.6 is 0 Å². The number of likely N-dealkylation sites (N-methyl/N-ethyl adjacent to an activating group) is 1. The summed E-state index contributed by atoms with van der Waals surface area (Å²) in [6.07, 6.45) is 0.417. The summed E-state index contributed by atoms with van der Waals surface area (Å²) >= 11 is 0. The van der Waals surface area contributed by atoms with Gasteiger partial charge in [0, 0.05) is 39.1 Å². The molecule has 1 saturated heterocycles. The van der Waals surface area contributed by atoms with Crippen molar-refractivity contribution >= 4 is 17.9 Å². The number of hydrogen-bond acceptors (Lipinski definition) is 4. The maximum Gasteiger partial charge on any atom is 0.329 e. The highest BCUT2D eigenvalue weighted by Gasteiger charge is 2.42.